The van der Waals surface area contributed by atoms with Crippen molar-refractivity contribution < 1.29 is 14.8 Å². The molecule has 5 rings (SSSR count). The molecule has 0 aliphatic carbocycles. The van der Waals surface area contributed by atoms with Gasteiger partial charge in [0.25, 0.3) is 0 Å². The van der Waals surface area contributed by atoms with Crippen molar-refractivity contribution in [2.45, 2.75) is 31.8 Å². The van der Waals surface area contributed by atoms with Crippen LogP contribution in [0.5, 0.6) is 0 Å². The molecule has 0 radical (unpaired) electrons. The summed E-state index contributed by atoms with van der Waals surface area (Å²) in [6.07, 6.45) is 3.23. The fourth-order valence-electron chi connectivity index (χ4n) is 5.83. The molecule has 3 heterocycles. The van der Waals surface area contributed by atoms with Crippen LogP contribution in [-0.2, 0) is 22.7 Å². The molecule has 2 aromatic carbocycles. The summed E-state index contributed by atoms with van der Waals surface area (Å²) in [5.41, 5.74) is 5.34. The molecule has 0 bridgehead atoms. The lowest BCUT2D eigenvalue weighted by Gasteiger charge is -2.41. The van der Waals surface area contributed by atoms with Gasteiger partial charge in [-0.2, -0.15) is 5.26 Å². The Labute approximate surface area is 210 Å². The third-order valence-corrected chi connectivity index (χ3v) is 7.70. The highest BCUT2D eigenvalue weighted by atomic mass is 16.5. The highest BCUT2D eigenvalue weighted by Crippen LogP contribution is 2.33. The van der Waals surface area contributed by atoms with E-state index in [0.717, 1.165) is 6.42 Å². The normalized spacial score (nSPS) is 23.8. The maximum atomic E-state index is 13.6. The van der Waals surface area contributed by atoms with E-state index in [2.05, 4.69) is 29.3 Å². The van der Waals surface area contributed by atoms with E-state index in [4.69, 9.17) is 0 Å². The van der Waals surface area contributed by atoms with E-state index in [1.165, 1.54) is 16.7 Å². The second kappa shape index (κ2) is 10.4. The minimum absolute atomic E-state index is 0.0472. The highest BCUT2D eigenvalue weighted by Gasteiger charge is 2.43. The molecule has 2 aromatic rings. The summed E-state index contributed by atoms with van der Waals surface area (Å²) < 4.78 is 0. The fourth-order valence-corrected chi connectivity index (χ4v) is 5.83. The Morgan fingerprint density at radius 1 is 0.889 bits per heavy atom. The largest absolute Gasteiger partial charge is 0.342 e. The Balaban J connectivity index is 1.30. The van der Waals surface area contributed by atoms with E-state index in [0.29, 0.717) is 45.1 Å². The van der Waals surface area contributed by atoms with Crippen LogP contribution in [0, 0.1) is 23.3 Å². The van der Waals surface area contributed by atoms with Gasteiger partial charge in [0.2, 0.25) is 24.0 Å². The molecule has 0 saturated carbocycles. The molecule has 36 heavy (non-hydrogen) atoms. The SMILES string of the molecule is N#C/N=C(\N1Cc2ccccc2C1)N1CC[C@H](C(=O)N2CC[C@H](c3ccccc3)C2)[C@@H](C(=O)NO)C1. The lowest BCUT2D eigenvalue weighted by atomic mass is 9.83. The molecule has 3 aliphatic rings. The van der Waals surface area contributed by atoms with Gasteiger partial charge in [-0.1, -0.05) is 54.6 Å². The first-order chi connectivity index (χ1) is 17.6. The number of carbonyl (C=O) groups is 2. The molecule has 186 valence electrons. The molecule has 2 saturated heterocycles. The van der Waals surface area contributed by atoms with Gasteiger partial charge in [-0.15, -0.1) is 4.99 Å². The van der Waals surface area contributed by atoms with Gasteiger partial charge in [0, 0.05) is 45.2 Å². The summed E-state index contributed by atoms with van der Waals surface area (Å²) in [5.74, 6) is -1.14. The van der Waals surface area contributed by atoms with E-state index < -0.39 is 17.7 Å². The van der Waals surface area contributed by atoms with Crippen LogP contribution in [0.2, 0.25) is 0 Å². The number of rotatable bonds is 3. The van der Waals surface area contributed by atoms with Gasteiger partial charge in [0.15, 0.2) is 0 Å². The van der Waals surface area contributed by atoms with Gasteiger partial charge in [0.1, 0.15) is 0 Å². The number of nitrogens with zero attached hydrogens (tertiary/aromatic N) is 5. The maximum Gasteiger partial charge on any atom is 0.249 e. The number of benzene rings is 2. The van der Waals surface area contributed by atoms with Crippen LogP contribution in [0.1, 0.15) is 35.4 Å². The Hall–Kier alpha value is -3.90. The molecule has 3 aliphatic heterocycles. The third-order valence-electron chi connectivity index (χ3n) is 7.70. The van der Waals surface area contributed by atoms with Gasteiger partial charge in [-0.25, -0.2) is 5.48 Å². The summed E-state index contributed by atoms with van der Waals surface area (Å²) in [4.78, 5) is 36.2. The number of carbonyl (C=O) groups excluding carboxylic acids is 2. The first-order valence-electron chi connectivity index (χ1n) is 12.4. The van der Waals surface area contributed by atoms with Crippen LogP contribution in [-0.4, -0.2) is 63.9 Å². The smallest absolute Gasteiger partial charge is 0.249 e. The predicted molar refractivity (Wildman–Crippen MR) is 132 cm³/mol. The maximum absolute atomic E-state index is 13.6. The molecular formula is C27H30N6O3. The lowest BCUT2D eigenvalue weighted by Crippen LogP contribution is -2.55. The molecule has 2 fully saturated rings. The van der Waals surface area contributed by atoms with Gasteiger partial charge in [-0.3, -0.25) is 14.8 Å². The summed E-state index contributed by atoms with van der Waals surface area (Å²) in [7, 11) is 0. The average Bonchev–Trinajstić information content (AvgIpc) is 3.59. The van der Waals surface area contributed by atoms with Crippen LogP contribution in [0.25, 0.3) is 0 Å². The first kappa shape index (κ1) is 23.8. The summed E-state index contributed by atoms with van der Waals surface area (Å²) in [6.45, 7) is 3.23. The monoisotopic (exact) mass is 486 g/mol. The number of hydrogen-bond donors (Lipinski definition) is 2. The van der Waals surface area contributed by atoms with Crippen LogP contribution >= 0.6 is 0 Å². The number of fused-ring (bicyclic) bond motifs is 1. The lowest BCUT2D eigenvalue weighted by molar-refractivity contribution is -0.147. The number of amides is 2. The van der Waals surface area contributed by atoms with Crippen LogP contribution in [0.3, 0.4) is 0 Å². The molecule has 0 spiro atoms. The van der Waals surface area contributed by atoms with Crippen molar-refractivity contribution >= 4 is 17.8 Å². The molecule has 9 nitrogen and oxygen atoms in total. The predicted octanol–water partition coefficient (Wildman–Crippen LogP) is 2.30. The number of likely N-dealkylation sites (tertiary alicyclic amines) is 2. The van der Waals surface area contributed by atoms with Gasteiger partial charge in [-0.05, 0) is 29.5 Å². The summed E-state index contributed by atoms with van der Waals surface area (Å²) >= 11 is 0. The topological polar surface area (TPSA) is 112 Å². The Morgan fingerprint density at radius 3 is 2.22 bits per heavy atom. The zero-order chi connectivity index (χ0) is 25.1. The number of nitrogens with one attached hydrogen (secondary N) is 1. The number of piperidine rings is 1. The van der Waals surface area contributed by atoms with Gasteiger partial charge >= 0.3 is 0 Å². The molecule has 2 amide bonds. The average molecular weight is 487 g/mol. The molecule has 0 unspecified atom stereocenters. The van der Waals surface area contributed by atoms with E-state index in [9.17, 15) is 20.1 Å². The zero-order valence-corrected chi connectivity index (χ0v) is 20.1. The van der Waals surface area contributed by atoms with E-state index in [1.807, 2.05) is 51.2 Å². The van der Waals surface area contributed by atoms with Gasteiger partial charge < -0.3 is 14.7 Å². The van der Waals surface area contributed by atoms with Crippen molar-refractivity contribution in [1.29, 1.82) is 5.26 Å². The fraction of sp³-hybridized carbons (Fsp3) is 0.407. The van der Waals surface area contributed by atoms with Gasteiger partial charge in [0.05, 0.1) is 11.8 Å². The van der Waals surface area contributed by atoms with Crippen molar-refractivity contribution in [2.75, 3.05) is 26.2 Å². The third kappa shape index (κ3) is 4.64. The second-order valence-electron chi connectivity index (χ2n) is 9.74. The number of nitriles is 1. The zero-order valence-electron chi connectivity index (χ0n) is 20.1. The summed E-state index contributed by atoms with van der Waals surface area (Å²) in [5, 5.41) is 18.9. The van der Waals surface area contributed by atoms with Crippen LogP contribution < -0.4 is 5.48 Å². The Bertz CT molecular complexity index is 1170. The van der Waals surface area contributed by atoms with Crippen molar-refractivity contribution in [3.63, 3.8) is 0 Å². The number of hydrogen-bond acceptors (Lipinski definition) is 5. The molecule has 3 atom stereocenters. The van der Waals surface area contributed by atoms with Crippen molar-refractivity contribution in [3.05, 3.63) is 71.3 Å². The summed E-state index contributed by atoms with van der Waals surface area (Å²) in [6, 6.07) is 18.3. The quantitative estimate of drug-likeness (QED) is 0.226. The molecule has 9 heteroatoms. The molecular weight excluding hydrogens is 456 g/mol. The molecule has 0 aromatic heterocycles. The molecule has 2 N–H and O–H groups in total. The first-order valence-corrected chi connectivity index (χ1v) is 12.4. The Morgan fingerprint density at radius 2 is 1.56 bits per heavy atom. The number of guanidine groups is 1. The minimum atomic E-state index is -0.749. The Kier molecular flexibility index (Phi) is 6.87. The number of aliphatic imine (C=N–C) groups is 1. The van der Waals surface area contributed by atoms with E-state index >= 15 is 0 Å². The number of hydroxylamine groups is 1. The standard InChI is InChI=1S/C27H30N6O3/c28-18-29-27(33-15-20-8-4-5-9-21(20)16-33)32-13-11-23(24(17-32)25(34)30-36)26(35)31-12-10-22(14-31)19-6-2-1-3-7-19/h1-9,22-24,36H,10-17H2,(H,30,34)/b29-27-/t22-,23-,24-/m0/s1. The van der Waals surface area contributed by atoms with Crippen LogP contribution in [0.4, 0.5) is 0 Å². The van der Waals surface area contributed by atoms with Crippen molar-refractivity contribution in [3.8, 4) is 6.19 Å². The van der Waals surface area contributed by atoms with Crippen molar-refractivity contribution in [2.24, 2.45) is 16.8 Å². The van der Waals surface area contributed by atoms with E-state index in [1.54, 1.807) is 5.48 Å². The van der Waals surface area contributed by atoms with Crippen LogP contribution in [0.15, 0.2) is 59.6 Å². The minimum Gasteiger partial charge on any atom is -0.342 e. The highest BCUT2D eigenvalue weighted by molar-refractivity contribution is 5.89. The van der Waals surface area contributed by atoms with Crippen molar-refractivity contribution in [1.82, 2.24) is 20.2 Å². The van der Waals surface area contributed by atoms with E-state index in [-0.39, 0.29) is 18.4 Å². The second-order valence-corrected chi connectivity index (χ2v) is 9.74.